The summed E-state index contributed by atoms with van der Waals surface area (Å²) < 4.78 is 0.991. The summed E-state index contributed by atoms with van der Waals surface area (Å²) in [5, 5.41) is 1.49. The van der Waals surface area contributed by atoms with Crippen LogP contribution in [0.15, 0.2) is 18.2 Å². The Labute approximate surface area is 134 Å². The number of hydrogen-bond acceptors (Lipinski definition) is 3. The molecule has 1 atom stereocenters. The maximum absolute atomic E-state index is 12.7. The number of nitrogen functional groups attached to an aromatic ring is 1. The average molecular weight is 325 g/mol. The number of hydrogen-bond donors (Lipinski definition) is 1. The summed E-state index contributed by atoms with van der Waals surface area (Å²) in [5.74, 6) is 0.534. The van der Waals surface area contributed by atoms with Crippen molar-refractivity contribution in [1.29, 1.82) is 0 Å². The molecule has 1 amide bonds. The highest BCUT2D eigenvalue weighted by Gasteiger charge is 2.23. The molecular weight excluding hydrogens is 304 g/mol. The first kappa shape index (κ1) is 16.1. The zero-order valence-corrected chi connectivity index (χ0v) is 14.4. The van der Waals surface area contributed by atoms with Crippen LogP contribution in [0.5, 0.6) is 0 Å². The molecule has 1 aromatic carbocycles. The van der Waals surface area contributed by atoms with Crippen LogP contribution in [0.25, 0.3) is 10.1 Å². The molecule has 1 heterocycles. The van der Waals surface area contributed by atoms with Gasteiger partial charge in [0, 0.05) is 28.2 Å². The number of thiophene rings is 1. The van der Waals surface area contributed by atoms with E-state index in [0.29, 0.717) is 21.5 Å². The second-order valence-corrected chi connectivity index (χ2v) is 7.37. The molecule has 3 nitrogen and oxygen atoms in total. The molecule has 21 heavy (non-hydrogen) atoms. The highest BCUT2D eigenvalue weighted by atomic mass is 35.5. The fraction of sp³-hybridized carbons (Fsp3) is 0.438. The van der Waals surface area contributed by atoms with Crippen molar-refractivity contribution in [3.8, 4) is 0 Å². The first-order valence-corrected chi connectivity index (χ1v) is 8.25. The first-order valence-electron chi connectivity index (χ1n) is 7.06. The summed E-state index contributed by atoms with van der Waals surface area (Å²) in [6.45, 7) is 6.38. The summed E-state index contributed by atoms with van der Waals surface area (Å²) in [6.07, 6.45) is 0.971. The van der Waals surface area contributed by atoms with Gasteiger partial charge in [-0.15, -0.1) is 11.3 Å². The van der Waals surface area contributed by atoms with Gasteiger partial charge in [-0.3, -0.25) is 4.79 Å². The Kier molecular flexibility index (Phi) is 4.79. The maximum Gasteiger partial charge on any atom is 0.266 e. The van der Waals surface area contributed by atoms with Gasteiger partial charge in [0.05, 0.1) is 5.69 Å². The molecular formula is C16H21ClN2OS. The minimum absolute atomic E-state index is 0.0158. The lowest BCUT2D eigenvalue weighted by Crippen LogP contribution is -2.35. The standard InChI is InChI=1S/C16H21ClN2OS/c1-9(2)7-10(3)19(4)16(20)15-14(18)12-8-11(17)5-6-13(12)21-15/h5-6,8-10H,7,18H2,1-4H3. The van der Waals surface area contributed by atoms with E-state index in [-0.39, 0.29) is 11.9 Å². The van der Waals surface area contributed by atoms with E-state index in [4.69, 9.17) is 17.3 Å². The Morgan fingerprint density at radius 2 is 2.05 bits per heavy atom. The van der Waals surface area contributed by atoms with Crippen molar-refractivity contribution in [2.24, 2.45) is 5.92 Å². The highest BCUT2D eigenvalue weighted by molar-refractivity contribution is 7.21. The van der Waals surface area contributed by atoms with Crippen LogP contribution in [0.4, 0.5) is 5.69 Å². The van der Waals surface area contributed by atoms with Crippen molar-refractivity contribution in [1.82, 2.24) is 4.90 Å². The number of carbonyl (C=O) groups excluding carboxylic acids is 1. The van der Waals surface area contributed by atoms with Gasteiger partial charge in [0.15, 0.2) is 0 Å². The Hall–Kier alpha value is -1.26. The SMILES string of the molecule is CC(C)CC(C)N(C)C(=O)c1sc2ccc(Cl)cc2c1N. The Morgan fingerprint density at radius 1 is 1.38 bits per heavy atom. The topological polar surface area (TPSA) is 46.3 Å². The second kappa shape index (κ2) is 6.24. The molecule has 5 heteroatoms. The van der Waals surface area contributed by atoms with Gasteiger partial charge in [-0.25, -0.2) is 0 Å². The van der Waals surface area contributed by atoms with Crippen LogP contribution in [0.3, 0.4) is 0 Å². The van der Waals surface area contributed by atoms with E-state index in [9.17, 15) is 4.79 Å². The third-order valence-electron chi connectivity index (χ3n) is 3.68. The molecule has 0 aliphatic carbocycles. The largest absolute Gasteiger partial charge is 0.397 e. The average Bonchev–Trinajstić information content (AvgIpc) is 2.73. The van der Waals surface area contributed by atoms with Gasteiger partial charge in [0.2, 0.25) is 0 Å². The molecule has 1 unspecified atom stereocenters. The number of rotatable bonds is 4. The summed E-state index contributed by atoms with van der Waals surface area (Å²) in [6, 6.07) is 5.73. The third-order valence-corrected chi connectivity index (χ3v) is 5.09. The molecule has 2 aromatic rings. The molecule has 0 aliphatic heterocycles. The molecule has 0 radical (unpaired) electrons. The van der Waals surface area contributed by atoms with Crippen molar-refractivity contribution in [3.63, 3.8) is 0 Å². The number of nitrogens with zero attached hydrogens (tertiary/aromatic N) is 1. The molecule has 0 spiro atoms. The number of amides is 1. The zero-order valence-electron chi connectivity index (χ0n) is 12.8. The van der Waals surface area contributed by atoms with Gasteiger partial charge in [-0.2, -0.15) is 0 Å². The molecule has 2 rings (SSSR count). The summed E-state index contributed by atoms with van der Waals surface area (Å²) in [4.78, 5) is 15.0. The molecule has 0 bridgehead atoms. The second-order valence-electron chi connectivity index (χ2n) is 5.88. The van der Waals surface area contributed by atoms with E-state index in [1.54, 1.807) is 4.90 Å². The molecule has 1 aromatic heterocycles. The summed E-state index contributed by atoms with van der Waals surface area (Å²) >= 11 is 7.43. The highest BCUT2D eigenvalue weighted by Crippen LogP contribution is 2.36. The van der Waals surface area contributed by atoms with Crippen LogP contribution in [0.1, 0.15) is 36.9 Å². The number of halogens is 1. The number of anilines is 1. The quantitative estimate of drug-likeness (QED) is 0.890. The van der Waals surface area contributed by atoms with Gasteiger partial charge in [0.25, 0.3) is 5.91 Å². The Morgan fingerprint density at radius 3 is 2.67 bits per heavy atom. The van der Waals surface area contributed by atoms with E-state index in [0.717, 1.165) is 16.5 Å². The van der Waals surface area contributed by atoms with Crippen LogP contribution in [0, 0.1) is 5.92 Å². The minimum Gasteiger partial charge on any atom is -0.397 e. The van der Waals surface area contributed by atoms with E-state index in [1.807, 2.05) is 25.2 Å². The van der Waals surface area contributed by atoms with Gasteiger partial charge in [-0.1, -0.05) is 25.4 Å². The molecule has 2 N–H and O–H groups in total. The zero-order chi connectivity index (χ0) is 15.7. The van der Waals surface area contributed by atoms with E-state index in [1.165, 1.54) is 11.3 Å². The summed E-state index contributed by atoms with van der Waals surface area (Å²) in [7, 11) is 1.84. The van der Waals surface area contributed by atoms with E-state index < -0.39 is 0 Å². The van der Waals surface area contributed by atoms with Crippen LogP contribution >= 0.6 is 22.9 Å². The van der Waals surface area contributed by atoms with Crippen molar-refractivity contribution in [3.05, 3.63) is 28.1 Å². The van der Waals surface area contributed by atoms with Crippen LogP contribution in [0.2, 0.25) is 5.02 Å². The van der Waals surface area contributed by atoms with Crippen LogP contribution in [-0.2, 0) is 0 Å². The first-order chi connectivity index (χ1) is 9.81. The normalized spacial score (nSPS) is 12.9. The number of fused-ring (bicyclic) bond motifs is 1. The van der Waals surface area contributed by atoms with Crippen molar-refractivity contribution < 1.29 is 4.79 Å². The van der Waals surface area contributed by atoms with Gasteiger partial charge in [-0.05, 0) is 37.5 Å². The van der Waals surface area contributed by atoms with Crippen LogP contribution < -0.4 is 5.73 Å². The number of benzene rings is 1. The lowest BCUT2D eigenvalue weighted by atomic mass is 10.0. The Balaban J connectivity index is 2.33. The molecule has 0 aliphatic rings. The fourth-order valence-corrected chi connectivity index (χ4v) is 3.71. The van der Waals surface area contributed by atoms with Gasteiger partial charge < -0.3 is 10.6 Å². The Bertz CT molecular complexity index is 666. The molecule has 0 saturated heterocycles. The molecule has 0 fully saturated rings. The smallest absolute Gasteiger partial charge is 0.266 e. The van der Waals surface area contributed by atoms with Crippen molar-refractivity contribution in [2.45, 2.75) is 33.2 Å². The van der Waals surface area contributed by atoms with Crippen molar-refractivity contribution in [2.75, 3.05) is 12.8 Å². The summed E-state index contributed by atoms with van der Waals surface area (Å²) in [5.41, 5.74) is 6.69. The van der Waals surface area contributed by atoms with E-state index >= 15 is 0 Å². The lowest BCUT2D eigenvalue weighted by molar-refractivity contribution is 0.0734. The monoisotopic (exact) mass is 324 g/mol. The lowest BCUT2D eigenvalue weighted by Gasteiger charge is -2.26. The molecule has 0 saturated carbocycles. The fourth-order valence-electron chi connectivity index (χ4n) is 2.45. The predicted octanol–water partition coefficient (Wildman–Crippen LogP) is 4.64. The minimum atomic E-state index is -0.0158. The maximum atomic E-state index is 12.7. The van der Waals surface area contributed by atoms with Gasteiger partial charge in [0.1, 0.15) is 4.88 Å². The van der Waals surface area contributed by atoms with Gasteiger partial charge >= 0.3 is 0 Å². The number of nitrogens with two attached hydrogens (primary N) is 1. The third kappa shape index (κ3) is 3.33. The van der Waals surface area contributed by atoms with Crippen LogP contribution in [-0.4, -0.2) is 23.9 Å². The number of carbonyl (C=O) groups is 1. The van der Waals surface area contributed by atoms with Crippen molar-refractivity contribution >= 4 is 44.6 Å². The molecule has 114 valence electrons. The predicted molar refractivity (Wildman–Crippen MR) is 92.3 cm³/mol. The van der Waals surface area contributed by atoms with E-state index in [2.05, 4.69) is 20.8 Å².